The number of nitrogens with one attached hydrogen (secondary N) is 2. The molecule has 0 rings (SSSR count). The highest BCUT2D eigenvalue weighted by Gasteiger charge is 2.17. The number of likely N-dealkylation sites (N-methyl/N-ethyl adjacent to an activating group) is 1. The van der Waals surface area contributed by atoms with Crippen LogP contribution in [-0.2, 0) is 4.79 Å². The Kier molecular flexibility index (Phi) is 6.48. The van der Waals surface area contributed by atoms with Crippen LogP contribution in [0.2, 0.25) is 0 Å². The molecule has 0 bridgehead atoms. The molecule has 0 aliphatic heterocycles. The Hall–Kier alpha value is -1.30. The third-order valence-corrected chi connectivity index (χ3v) is 2.45. The first kappa shape index (κ1) is 14.7. The molecule has 0 aromatic rings. The highest BCUT2D eigenvalue weighted by Crippen LogP contribution is 1.91. The van der Waals surface area contributed by atoms with E-state index in [2.05, 4.69) is 10.6 Å². The quantitative estimate of drug-likeness (QED) is 0.605. The first-order valence-electron chi connectivity index (χ1n) is 5.32. The second-order valence-corrected chi connectivity index (χ2v) is 3.97. The third kappa shape index (κ3) is 5.55. The van der Waals surface area contributed by atoms with Crippen LogP contribution in [0.1, 0.15) is 20.3 Å². The number of carbonyl (C=O) groups excluding carboxylic acids is 1. The van der Waals surface area contributed by atoms with Crippen molar-refractivity contribution >= 4 is 12.0 Å². The van der Waals surface area contributed by atoms with Gasteiger partial charge in [0.05, 0.1) is 0 Å². The number of carbonyl (C=O) groups is 2. The molecule has 2 atom stereocenters. The second-order valence-electron chi connectivity index (χ2n) is 3.97. The van der Waals surface area contributed by atoms with Crippen LogP contribution in [0.4, 0.5) is 4.79 Å². The van der Waals surface area contributed by atoms with Crippen molar-refractivity contribution in [3.05, 3.63) is 0 Å². The van der Waals surface area contributed by atoms with Crippen LogP contribution < -0.4 is 10.6 Å². The smallest absolute Gasteiger partial charge is 0.326 e. The Bertz CT molecular complexity index is 243. The number of aliphatic carboxylic acids is 1. The molecule has 0 aliphatic carbocycles. The van der Waals surface area contributed by atoms with Crippen molar-refractivity contribution in [1.29, 1.82) is 0 Å². The average Bonchev–Trinajstić information content (AvgIpc) is 2.21. The zero-order valence-electron chi connectivity index (χ0n) is 10.3. The van der Waals surface area contributed by atoms with Crippen molar-refractivity contribution in [3.8, 4) is 0 Å². The average molecular weight is 231 g/mol. The fourth-order valence-electron chi connectivity index (χ4n) is 0.971. The van der Waals surface area contributed by atoms with Crippen molar-refractivity contribution in [1.82, 2.24) is 15.5 Å². The van der Waals surface area contributed by atoms with Crippen molar-refractivity contribution in [3.63, 3.8) is 0 Å². The van der Waals surface area contributed by atoms with Gasteiger partial charge in [-0.25, -0.2) is 9.59 Å². The largest absolute Gasteiger partial charge is 0.480 e. The molecule has 0 aromatic heterocycles. The zero-order valence-corrected chi connectivity index (χ0v) is 10.3. The standard InChI is InChI=1S/C10H21N3O3/c1-5-8(9(14)15)12-10(16)11-6-7(2)13(3)4/h7-8H,5-6H2,1-4H3,(H,14,15)(H2,11,12,16)/t7?,8-/m1/s1. The minimum atomic E-state index is -1.02. The van der Waals surface area contributed by atoms with E-state index < -0.39 is 18.0 Å². The number of amides is 2. The van der Waals surface area contributed by atoms with Gasteiger partial charge in [-0.2, -0.15) is 0 Å². The van der Waals surface area contributed by atoms with Crippen molar-refractivity contribution < 1.29 is 14.7 Å². The van der Waals surface area contributed by atoms with Crippen LogP contribution in [0.5, 0.6) is 0 Å². The molecule has 0 heterocycles. The molecule has 6 heteroatoms. The lowest BCUT2D eigenvalue weighted by Crippen LogP contribution is -2.48. The van der Waals surface area contributed by atoms with E-state index in [-0.39, 0.29) is 6.04 Å². The summed E-state index contributed by atoms with van der Waals surface area (Å²) in [5.74, 6) is -1.02. The van der Waals surface area contributed by atoms with E-state index >= 15 is 0 Å². The summed E-state index contributed by atoms with van der Waals surface area (Å²) in [6.45, 7) is 4.16. The predicted octanol–water partition coefficient (Wildman–Crippen LogP) is 0.0989. The first-order valence-corrected chi connectivity index (χ1v) is 5.32. The summed E-state index contributed by atoms with van der Waals surface area (Å²) >= 11 is 0. The molecule has 0 saturated heterocycles. The van der Waals surface area contributed by atoms with E-state index in [0.29, 0.717) is 13.0 Å². The lowest BCUT2D eigenvalue weighted by molar-refractivity contribution is -0.139. The maximum Gasteiger partial charge on any atom is 0.326 e. The molecule has 1 unspecified atom stereocenters. The minimum Gasteiger partial charge on any atom is -0.480 e. The predicted molar refractivity (Wildman–Crippen MR) is 61.4 cm³/mol. The number of nitrogens with zero attached hydrogens (tertiary/aromatic N) is 1. The van der Waals surface area contributed by atoms with E-state index in [1.54, 1.807) is 6.92 Å². The summed E-state index contributed by atoms with van der Waals surface area (Å²) in [6.07, 6.45) is 0.367. The maximum absolute atomic E-state index is 11.3. The number of urea groups is 1. The Labute approximate surface area is 96.0 Å². The SMILES string of the molecule is CC[C@@H](NC(=O)NCC(C)N(C)C)C(=O)O. The van der Waals surface area contributed by atoms with Gasteiger partial charge < -0.3 is 20.6 Å². The monoisotopic (exact) mass is 231 g/mol. The number of rotatable bonds is 6. The molecular formula is C10H21N3O3. The summed E-state index contributed by atoms with van der Waals surface area (Å²) in [4.78, 5) is 24.0. The molecule has 94 valence electrons. The van der Waals surface area contributed by atoms with Crippen LogP contribution in [0.15, 0.2) is 0 Å². The number of hydrogen-bond acceptors (Lipinski definition) is 3. The van der Waals surface area contributed by atoms with E-state index in [1.807, 2.05) is 25.9 Å². The molecule has 0 aromatic carbocycles. The van der Waals surface area contributed by atoms with Gasteiger partial charge in [-0.15, -0.1) is 0 Å². The Balaban J connectivity index is 3.94. The minimum absolute atomic E-state index is 0.204. The Morgan fingerprint density at radius 1 is 1.38 bits per heavy atom. The van der Waals surface area contributed by atoms with Crippen LogP contribution in [0, 0.1) is 0 Å². The van der Waals surface area contributed by atoms with Crippen LogP contribution in [0.25, 0.3) is 0 Å². The highest BCUT2D eigenvalue weighted by molar-refractivity contribution is 5.82. The molecule has 0 saturated carbocycles. The van der Waals surface area contributed by atoms with Gasteiger partial charge in [0.2, 0.25) is 0 Å². The summed E-state index contributed by atoms with van der Waals surface area (Å²) in [5, 5.41) is 13.8. The van der Waals surface area contributed by atoms with Crippen molar-refractivity contribution in [2.75, 3.05) is 20.6 Å². The summed E-state index contributed by atoms with van der Waals surface area (Å²) in [7, 11) is 3.83. The van der Waals surface area contributed by atoms with E-state index in [9.17, 15) is 9.59 Å². The lowest BCUT2D eigenvalue weighted by atomic mass is 10.2. The molecule has 6 nitrogen and oxygen atoms in total. The summed E-state index contributed by atoms with van der Waals surface area (Å²) in [5.41, 5.74) is 0. The number of carboxylic acid groups (broad SMARTS) is 1. The number of hydrogen-bond donors (Lipinski definition) is 3. The second kappa shape index (κ2) is 7.05. The molecule has 2 amide bonds. The van der Waals surface area contributed by atoms with Gasteiger partial charge in [0.15, 0.2) is 0 Å². The molecule has 3 N–H and O–H groups in total. The Morgan fingerprint density at radius 2 is 1.94 bits per heavy atom. The number of carboxylic acids is 1. The molecule has 0 fully saturated rings. The fourth-order valence-corrected chi connectivity index (χ4v) is 0.971. The van der Waals surface area contributed by atoms with E-state index in [1.165, 1.54) is 0 Å². The molecular weight excluding hydrogens is 210 g/mol. The van der Waals surface area contributed by atoms with Gasteiger partial charge in [-0.05, 0) is 27.4 Å². The third-order valence-electron chi connectivity index (χ3n) is 2.45. The van der Waals surface area contributed by atoms with Crippen LogP contribution >= 0.6 is 0 Å². The van der Waals surface area contributed by atoms with Crippen LogP contribution in [-0.4, -0.2) is 54.7 Å². The van der Waals surface area contributed by atoms with Gasteiger partial charge in [0.1, 0.15) is 6.04 Å². The normalized spacial score (nSPS) is 14.3. The first-order chi connectivity index (χ1) is 7.38. The molecule has 16 heavy (non-hydrogen) atoms. The zero-order chi connectivity index (χ0) is 12.7. The summed E-state index contributed by atoms with van der Waals surface area (Å²) in [6, 6.07) is -1.06. The highest BCUT2D eigenvalue weighted by atomic mass is 16.4. The fraction of sp³-hybridized carbons (Fsp3) is 0.800. The van der Waals surface area contributed by atoms with Gasteiger partial charge in [-0.1, -0.05) is 6.92 Å². The molecule has 0 radical (unpaired) electrons. The molecule has 0 aliphatic rings. The molecule has 0 spiro atoms. The van der Waals surface area contributed by atoms with E-state index in [0.717, 1.165) is 0 Å². The van der Waals surface area contributed by atoms with Crippen LogP contribution in [0.3, 0.4) is 0 Å². The Morgan fingerprint density at radius 3 is 2.31 bits per heavy atom. The van der Waals surface area contributed by atoms with Gasteiger partial charge >= 0.3 is 12.0 Å². The van der Waals surface area contributed by atoms with Gasteiger partial charge in [0, 0.05) is 12.6 Å². The van der Waals surface area contributed by atoms with Crippen molar-refractivity contribution in [2.24, 2.45) is 0 Å². The van der Waals surface area contributed by atoms with Gasteiger partial charge in [0.25, 0.3) is 0 Å². The van der Waals surface area contributed by atoms with Crippen molar-refractivity contribution in [2.45, 2.75) is 32.4 Å². The van der Waals surface area contributed by atoms with Gasteiger partial charge in [-0.3, -0.25) is 0 Å². The van der Waals surface area contributed by atoms with E-state index in [4.69, 9.17) is 5.11 Å². The topological polar surface area (TPSA) is 81.7 Å². The summed E-state index contributed by atoms with van der Waals surface area (Å²) < 4.78 is 0. The maximum atomic E-state index is 11.3. The lowest BCUT2D eigenvalue weighted by Gasteiger charge is -2.20.